The summed E-state index contributed by atoms with van der Waals surface area (Å²) in [6.45, 7) is 0.357. The number of fused-ring (bicyclic) bond motifs is 1. The number of rotatable bonds is 7. The Morgan fingerprint density at radius 1 is 0.686 bits per heavy atom. The lowest BCUT2D eigenvalue weighted by atomic mass is 10.0. The van der Waals surface area contributed by atoms with E-state index in [1.807, 2.05) is 30.3 Å². The standard InChI is InChI=1S/C29H20F2O4/c30-22-10-6-19(7-11-22)17-33-24-14-26(34-18-20-8-12-23(31)13-9-20)29-25(21-4-2-1-3-5-21)16-28(32)35-27(29)15-24/h1-16H,17-18H2. The van der Waals surface area contributed by atoms with Gasteiger partial charge in [0.15, 0.2) is 0 Å². The van der Waals surface area contributed by atoms with Crippen molar-refractivity contribution in [2.45, 2.75) is 13.2 Å². The topological polar surface area (TPSA) is 48.7 Å². The molecule has 0 saturated heterocycles. The maximum Gasteiger partial charge on any atom is 0.336 e. The summed E-state index contributed by atoms with van der Waals surface area (Å²) in [5.41, 5.74) is 2.85. The van der Waals surface area contributed by atoms with Crippen LogP contribution < -0.4 is 15.1 Å². The maximum atomic E-state index is 13.3. The summed E-state index contributed by atoms with van der Waals surface area (Å²) >= 11 is 0. The molecule has 1 heterocycles. The van der Waals surface area contributed by atoms with E-state index >= 15 is 0 Å². The van der Waals surface area contributed by atoms with E-state index < -0.39 is 5.63 Å². The van der Waals surface area contributed by atoms with E-state index in [0.717, 1.165) is 16.7 Å². The second-order valence-corrected chi connectivity index (χ2v) is 7.97. The fourth-order valence-electron chi connectivity index (χ4n) is 3.77. The van der Waals surface area contributed by atoms with Crippen LogP contribution in [0.1, 0.15) is 11.1 Å². The smallest absolute Gasteiger partial charge is 0.336 e. The van der Waals surface area contributed by atoms with Crippen molar-refractivity contribution >= 4 is 11.0 Å². The second-order valence-electron chi connectivity index (χ2n) is 7.97. The zero-order valence-corrected chi connectivity index (χ0v) is 18.5. The van der Waals surface area contributed by atoms with Gasteiger partial charge in [-0.25, -0.2) is 13.6 Å². The van der Waals surface area contributed by atoms with Gasteiger partial charge in [0.05, 0.1) is 5.39 Å². The molecule has 0 bridgehead atoms. The summed E-state index contributed by atoms with van der Waals surface area (Å²) in [5, 5.41) is 0.618. The molecule has 0 fully saturated rings. The lowest BCUT2D eigenvalue weighted by molar-refractivity contribution is 0.292. The van der Waals surface area contributed by atoms with Gasteiger partial charge in [-0.05, 0) is 41.0 Å². The van der Waals surface area contributed by atoms with Crippen molar-refractivity contribution in [1.82, 2.24) is 0 Å². The van der Waals surface area contributed by atoms with Gasteiger partial charge in [0.1, 0.15) is 41.9 Å². The fourth-order valence-corrected chi connectivity index (χ4v) is 3.77. The highest BCUT2D eigenvalue weighted by atomic mass is 19.1. The van der Waals surface area contributed by atoms with Crippen LogP contribution in [0.25, 0.3) is 22.1 Å². The lowest BCUT2D eigenvalue weighted by Crippen LogP contribution is -2.03. The predicted molar refractivity (Wildman–Crippen MR) is 129 cm³/mol. The minimum absolute atomic E-state index is 0.171. The summed E-state index contributed by atoms with van der Waals surface area (Å²) in [4.78, 5) is 12.4. The summed E-state index contributed by atoms with van der Waals surface area (Å²) in [6, 6.07) is 26.3. The monoisotopic (exact) mass is 470 g/mol. The van der Waals surface area contributed by atoms with Crippen LogP contribution in [0, 0.1) is 11.6 Å². The number of hydrogen-bond donors (Lipinski definition) is 0. The van der Waals surface area contributed by atoms with Crippen LogP contribution in [0.15, 0.2) is 106 Å². The highest BCUT2D eigenvalue weighted by Gasteiger charge is 2.16. The Bertz CT molecular complexity index is 1510. The molecule has 0 saturated carbocycles. The van der Waals surface area contributed by atoms with Crippen molar-refractivity contribution in [1.29, 1.82) is 0 Å². The molecule has 0 aliphatic carbocycles. The van der Waals surface area contributed by atoms with E-state index in [1.165, 1.54) is 30.3 Å². The van der Waals surface area contributed by atoms with Crippen molar-refractivity contribution < 1.29 is 22.7 Å². The molecule has 1 aromatic heterocycles. The minimum atomic E-state index is -0.503. The van der Waals surface area contributed by atoms with Crippen LogP contribution in [0.3, 0.4) is 0 Å². The van der Waals surface area contributed by atoms with Crippen molar-refractivity contribution in [2.75, 3.05) is 0 Å². The summed E-state index contributed by atoms with van der Waals surface area (Å²) in [5.74, 6) is 0.211. The number of halogens is 2. The number of hydrogen-bond acceptors (Lipinski definition) is 4. The Hall–Kier alpha value is -4.45. The molecule has 5 aromatic rings. The summed E-state index contributed by atoms with van der Waals surface area (Å²) in [7, 11) is 0. The van der Waals surface area contributed by atoms with Crippen LogP contribution in [0.4, 0.5) is 8.78 Å². The third kappa shape index (κ3) is 5.22. The number of benzene rings is 4. The van der Waals surface area contributed by atoms with Crippen LogP contribution >= 0.6 is 0 Å². The Balaban J connectivity index is 1.56. The normalized spacial score (nSPS) is 10.9. The van der Waals surface area contributed by atoms with Gasteiger partial charge < -0.3 is 13.9 Å². The second kappa shape index (κ2) is 9.81. The zero-order valence-electron chi connectivity index (χ0n) is 18.5. The number of ether oxygens (including phenoxy) is 2. The average Bonchev–Trinajstić information content (AvgIpc) is 2.87. The molecule has 174 valence electrons. The molecule has 4 nitrogen and oxygen atoms in total. The molecule has 0 aliphatic rings. The van der Waals surface area contributed by atoms with E-state index in [-0.39, 0.29) is 24.8 Å². The first kappa shape index (κ1) is 22.3. The zero-order chi connectivity index (χ0) is 24.2. The summed E-state index contributed by atoms with van der Waals surface area (Å²) in [6.07, 6.45) is 0. The van der Waals surface area contributed by atoms with E-state index in [2.05, 4.69) is 0 Å². The lowest BCUT2D eigenvalue weighted by Gasteiger charge is -2.15. The highest BCUT2D eigenvalue weighted by molar-refractivity contribution is 5.98. The van der Waals surface area contributed by atoms with Crippen LogP contribution in [0.5, 0.6) is 11.5 Å². The van der Waals surface area contributed by atoms with Gasteiger partial charge in [-0.15, -0.1) is 0 Å². The predicted octanol–water partition coefficient (Wildman–Crippen LogP) is 6.90. The molecule has 0 N–H and O–H groups in total. The molecule has 0 spiro atoms. The Labute approximate surface area is 200 Å². The van der Waals surface area contributed by atoms with Gasteiger partial charge in [0.2, 0.25) is 0 Å². The molecule has 35 heavy (non-hydrogen) atoms. The van der Waals surface area contributed by atoms with Crippen LogP contribution in [0.2, 0.25) is 0 Å². The van der Waals surface area contributed by atoms with E-state index in [9.17, 15) is 13.6 Å². The molecule has 0 atom stereocenters. The van der Waals surface area contributed by atoms with Crippen molar-refractivity contribution in [3.63, 3.8) is 0 Å². The molecule has 0 amide bonds. The molecule has 4 aromatic carbocycles. The van der Waals surface area contributed by atoms with Gasteiger partial charge in [-0.2, -0.15) is 0 Å². The first-order valence-electron chi connectivity index (χ1n) is 11.0. The summed E-state index contributed by atoms with van der Waals surface area (Å²) < 4.78 is 44.1. The first-order valence-corrected chi connectivity index (χ1v) is 11.0. The Kier molecular flexibility index (Phi) is 6.26. The molecule has 0 unspecified atom stereocenters. The Morgan fingerprint density at radius 3 is 1.91 bits per heavy atom. The third-order valence-corrected chi connectivity index (χ3v) is 5.49. The van der Waals surface area contributed by atoms with Gasteiger partial charge >= 0.3 is 5.63 Å². The van der Waals surface area contributed by atoms with Crippen LogP contribution in [-0.4, -0.2) is 0 Å². The van der Waals surface area contributed by atoms with Crippen molar-refractivity contribution in [2.24, 2.45) is 0 Å². The molecular weight excluding hydrogens is 450 g/mol. The average molecular weight is 470 g/mol. The van der Waals surface area contributed by atoms with Gasteiger partial charge in [0, 0.05) is 23.8 Å². The van der Waals surface area contributed by atoms with E-state index in [0.29, 0.717) is 28.0 Å². The molecular formula is C29H20F2O4. The minimum Gasteiger partial charge on any atom is -0.489 e. The molecule has 0 aliphatic heterocycles. The van der Waals surface area contributed by atoms with Gasteiger partial charge in [-0.3, -0.25) is 0 Å². The SMILES string of the molecule is O=c1cc(-c2ccccc2)c2c(OCc3ccc(F)cc3)cc(OCc3ccc(F)cc3)cc2o1. The van der Waals surface area contributed by atoms with Crippen LogP contribution in [-0.2, 0) is 13.2 Å². The van der Waals surface area contributed by atoms with Gasteiger partial charge in [-0.1, -0.05) is 54.6 Å². The Morgan fingerprint density at radius 2 is 1.29 bits per heavy atom. The fraction of sp³-hybridized carbons (Fsp3) is 0.0690. The van der Waals surface area contributed by atoms with E-state index in [1.54, 1.807) is 36.4 Å². The quantitative estimate of drug-likeness (QED) is 0.243. The van der Waals surface area contributed by atoms with Crippen molar-refractivity contribution in [3.05, 3.63) is 130 Å². The van der Waals surface area contributed by atoms with Gasteiger partial charge in [0.25, 0.3) is 0 Å². The molecule has 6 heteroatoms. The van der Waals surface area contributed by atoms with Crippen molar-refractivity contribution in [3.8, 4) is 22.6 Å². The maximum absolute atomic E-state index is 13.3. The molecule has 5 rings (SSSR count). The first-order chi connectivity index (χ1) is 17.0. The third-order valence-electron chi connectivity index (χ3n) is 5.49. The molecule has 0 radical (unpaired) electrons. The highest BCUT2D eigenvalue weighted by Crippen LogP contribution is 2.38. The largest absolute Gasteiger partial charge is 0.489 e. The van der Waals surface area contributed by atoms with E-state index in [4.69, 9.17) is 13.9 Å².